The predicted octanol–water partition coefficient (Wildman–Crippen LogP) is 2.10. The molecule has 1 amide bonds. The molecule has 162 valence electrons. The zero-order valence-corrected chi connectivity index (χ0v) is 18.3. The molecular formula is C22H29N3O4S. The molecule has 0 aromatic heterocycles. The summed E-state index contributed by atoms with van der Waals surface area (Å²) in [5, 5.41) is 0. The van der Waals surface area contributed by atoms with Crippen LogP contribution in [0.1, 0.15) is 19.4 Å². The van der Waals surface area contributed by atoms with Crippen LogP contribution >= 0.6 is 0 Å². The maximum atomic E-state index is 12.8. The topological polar surface area (TPSA) is 78.9 Å². The van der Waals surface area contributed by atoms with Gasteiger partial charge in [-0.15, -0.1) is 0 Å². The van der Waals surface area contributed by atoms with E-state index in [1.54, 1.807) is 24.0 Å². The van der Waals surface area contributed by atoms with Gasteiger partial charge >= 0.3 is 0 Å². The van der Waals surface area contributed by atoms with Crippen LogP contribution in [0, 0.1) is 0 Å². The van der Waals surface area contributed by atoms with Crippen molar-refractivity contribution in [1.82, 2.24) is 14.5 Å². The van der Waals surface area contributed by atoms with Gasteiger partial charge in [-0.25, -0.2) is 8.42 Å². The number of carbonyl (C=O) groups excluding carboxylic acids is 1. The summed E-state index contributed by atoms with van der Waals surface area (Å²) in [6, 6.07) is 15.6. The number of carbonyl (C=O) groups is 1. The minimum atomic E-state index is -3.79. The van der Waals surface area contributed by atoms with Crippen LogP contribution in [0.15, 0.2) is 59.5 Å². The Morgan fingerprint density at radius 3 is 2.27 bits per heavy atom. The third kappa shape index (κ3) is 5.81. The summed E-state index contributed by atoms with van der Waals surface area (Å²) in [4.78, 5) is 16.9. The smallest absolute Gasteiger partial charge is 0.241 e. The number of amides is 1. The highest BCUT2D eigenvalue weighted by molar-refractivity contribution is 7.89. The van der Waals surface area contributed by atoms with Crippen LogP contribution < -0.4 is 9.46 Å². The van der Waals surface area contributed by atoms with Crippen LogP contribution in [-0.4, -0.2) is 63.0 Å². The molecule has 0 bridgehead atoms. The van der Waals surface area contributed by atoms with Crippen molar-refractivity contribution in [2.75, 3.05) is 32.8 Å². The lowest BCUT2D eigenvalue weighted by Gasteiger charge is -2.36. The van der Waals surface area contributed by atoms with E-state index in [4.69, 9.17) is 4.74 Å². The molecule has 0 unspecified atom stereocenters. The fourth-order valence-corrected chi connectivity index (χ4v) is 4.67. The highest BCUT2D eigenvalue weighted by Crippen LogP contribution is 2.17. The fourth-order valence-electron chi connectivity index (χ4n) is 3.47. The first-order chi connectivity index (χ1) is 14.4. The first-order valence-corrected chi connectivity index (χ1v) is 11.7. The summed E-state index contributed by atoms with van der Waals surface area (Å²) in [5.74, 6) is 0.401. The summed E-state index contributed by atoms with van der Waals surface area (Å²) in [6.07, 6.45) is 0. The molecule has 1 atom stereocenters. The molecule has 2 aromatic carbocycles. The quantitative estimate of drug-likeness (QED) is 0.693. The highest BCUT2D eigenvalue weighted by Gasteiger charge is 2.28. The Labute approximate surface area is 178 Å². The zero-order valence-electron chi connectivity index (χ0n) is 17.5. The van der Waals surface area contributed by atoms with Gasteiger partial charge in [0.15, 0.2) is 0 Å². The lowest BCUT2D eigenvalue weighted by atomic mass is 10.2. The standard InChI is InChI=1S/C22H29N3O4S/c1-3-29-20-9-11-21(12-10-20)30(27,28)23-18(2)22(26)25-15-13-24(14-16-25)17-19-7-5-4-6-8-19/h4-12,18,23H,3,13-17H2,1-2H3/t18-/m1/s1. The first kappa shape index (κ1) is 22.3. The molecule has 1 fully saturated rings. The van der Waals surface area contributed by atoms with E-state index in [-0.39, 0.29) is 10.8 Å². The highest BCUT2D eigenvalue weighted by atomic mass is 32.2. The molecule has 0 saturated carbocycles. The second-order valence-electron chi connectivity index (χ2n) is 7.33. The molecule has 0 aliphatic carbocycles. The van der Waals surface area contributed by atoms with Crippen molar-refractivity contribution in [3.8, 4) is 5.75 Å². The summed E-state index contributed by atoms with van der Waals surface area (Å²) in [5.41, 5.74) is 1.24. The Hall–Kier alpha value is -2.42. The SMILES string of the molecule is CCOc1ccc(S(=O)(=O)N[C@H](C)C(=O)N2CCN(Cc3ccccc3)CC2)cc1. The van der Waals surface area contributed by atoms with Crippen molar-refractivity contribution in [1.29, 1.82) is 0 Å². The van der Waals surface area contributed by atoms with Crippen LogP contribution in [0.5, 0.6) is 5.75 Å². The van der Waals surface area contributed by atoms with Crippen molar-refractivity contribution in [2.24, 2.45) is 0 Å². The lowest BCUT2D eigenvalue weighted by Crippen LogP contribution is -2.53. The Bertz CT molecular complexity index is 925. The molecule has 3 rings (SSSR count). The molecule has 8 heteroatoms. The zero-order chi connectivity index (χ0) is 21.6. The van der Waals surface area contributed by atoms with Gasteiger partial charge in [-0.05, 0) is 43.7 Å². The van der Waals surface area contributed by atoms with E-state index >= 15 is 0 Å². The summed E-state index contributed by atoms with van der Waals surface area (Å²) < 4.78 is 33.1. The van der Waals surface area contributed by atoms with Gasteiger partial charge in [-0.3, -0.25) is 9.69 Å². The van der Waals surface area contributed by atoms with Crippen molar-refractivity contribution in [3.63, 3.8) is 0 Å². The van der Waals surface area contributed by atoms with Crippen LogP contribution in [0.4, 0.5) is 0 Å². The molecule has 1 aliphatic heterocycles. The van der Waals surface area contributed by atoms with Crippen LogP contribution in [0.2, 0.25) is 0 Å². The molecule has 0 spiro atoms. The van der Waals surface area contributed by atoms with Gasteiger partial charge in [0.1, 0.15) is 5.75 Å². The molecule has 2 aromatic rings. The van der Waals surface area contributed by atoms with Gasteiger partial charge in [-0.1, -0.05) is 30.3 Å². The Balaban J connectivity index is 1.53. The monoisotopic (exact) mass is 431 g/mol. The largest absolute Gasteiger partial charge is 0.494 e. The van der Waals surface area contributed by atoms with Crippen molar-refractivity contribution in [2.45, 2.75) is 31.3 Å². The van der Waals surface area contributed by atoms with E-state index < -0.39 is 16.1 Å². The average Bonchev–Trinajstić information content (AvgIpc) is 2.75. The number of nitrogens with one attached hydrogen (secondary N) is 1. The number of ether oxygens (including phenoxy) is 1. The third-order valence-corrected chi connectivity index (χ3v) is 6.64. The second kappa shape index (κ2) is 10.1. The first-order valence-electron chi connectivity index (χ1n) is 10.2. The predicted molar refractivity (Wildman–Crippen MR) is 116 cm³/mol. The Morgan fingerprint density at radius 1 is 1.03 bits per heavy atom. The van der Waals surface area contributed by atoms with E-state index in [1.807, 2.05) is 25.1 Å². The van der Waals surface area contributed by atoms with Gasteiger partial charge in [0.05, 0.1) is 17.5 Å². The summed E-state index contributed by atoms with van der Waals surface area (Å²) >= 11 is 0. The maximum absolute atomic E-state index is 12.8. The van der Waals surface area contributed by atoms with Gasteiger partial charge in [0.2, 0.25) is 15.9 Å². The maximum Gasteiger partial charge on any atom is 0.241 e. The van der Waals surface area contributed by atoms with Gasteiger partial charge in [0.25, 0.3) is 0 Å². The number of rotatable bonds is 8. The number of nitrogens with zero attached hydrogens (tertiary/aromatic N) is 2. The molecule has 1 N–H and O–H groups in total. The van der Waals surface area contributed by atoms with Crippen LogP contribution in [-0.2, 0) is 21.4 Å². The van der Waals surface area contributed by atoms with E-state index in [2.05, 4.69) is 21.8 Å². The Kier molecular flexibility index (Phi) is 7.47. The van der Waals surface area contributed by atoms with E-state index in [1.165, 1.54) is 17.7 Å². The van der Waals surface area contributed by atoms with Crippen molar-refractivity contribution in [3.05, 3.63) is 60.2 Å². The third-order valence-electron chi connectivity index (χ3n) is 5.08. The van der Waals surface area contributed by atoms with Crippen LogP contribution in [0.3, 0.4) is 0 Å². The molecule has 0 radical (unpaired) electrons. The van der Waals surface area contributed by atoms with Crippen LogP contribution in [0.25, 0.3) is 0 Å². The molecule has 7 nitrogen and oxygen atoms in total. The van der Waals surface area contributed by atoms with Gasteiger partial charge < -0.3 is 9.64 Å². The normalized spacial score (nSPS) is 16.3. The summed E-state index contributed by atoms with van der Waals surface area (Å²) in [6.45, 7) is 7.50. The van der Waals surface area contributed by atoms with Crippen molar-refractivity contribution < 1.29 is 17.9 Å². The minimum Gasteiger partial charge on any atom is -0.494 e. The number of benzene rings is 2. The molecular weight excluding hydrogens is 402 g/mol. The lowest BCUT2D eigenvalue weighted by molar-refractivity contribution is -0.134. The van der Waals surface area contributed by atoms with Gasteiger partial charge in [0, 0.05) is 32.7 Å². The van der Waals surface area contributed by atoms with E-state index in [0.717, 1.165) is 19.6 Å². The molecule has 30 heavy (non-hydrogen) atoms. The Morgan fingerprint density at radius 2 is 1.67 bits per heavy atom. The minimum absolute atomic E-state index is 0.110. The molecule has 1 saturated heterocycles. The number of sulfonamides is 1. The molecule has 1 heterocycles. The number of piperazine rings is 1. The number of hydrogen-bond acceptors (Lipinski definition) is 5. The summed E-state index contributed by atoms with van der Waals surface area (Å²) in [7, 11) is -3.79. The van der Waals surface area contributed by atoms with E-state index in [9.17, 15) is 13.2 Å². The number of hydrogen-bond donors (Lipinski definition) is 1. The van der Waals surface area contributed by atoms with Crippen molar-refractivity contribution >= 4 is 15.9 Å². The fraction of sp³-hybridized carbons (Fsp3) is 0.409. The average molecular weight is 432 g/mol. The molecule has 1 aliphatic rings. The van der Waals surface area contributed by atoms with E-state index in [0.29, 0.717) is 25.4 Å². The second-order valence-corrected chi connectivity index (χ2v) is 9.05. The van der Waals surface area contributed by atoms with Gasteiger partial charge in [-0.2, -0.15) is 4.72 Å².